The Morgan fingerprint density at radius 1 is 1.56 bits per heavy atom. The van der Waals surface area contributed by atoms with E-state index in [-0.39, 0.29) is 5.91 Å². The first-order valence-electron chi connectivity index (χ1n) is 4.76. The first kappa shape index (κ1) is 10.9. The lowest BCUT2D eigenvalue weighted by molar-refractivity contribution is -0.139. The van der Waals surface area contributed by atoms with Crippen molar-refractivity contribution < 1.29 is 14.3 Å². The lowest BCUT2D eigenvalue weighted by atomic mass is 10.2. The van der Waals surface area contributed by atoms with Crippen LogP contribution in [0.1, 0.15) is 16.8 Å². The predicted octanol–water partition coefficient (Wildman–Crippen LogP) is 0.780. The van der Waals surface area contributed by atoms with Gasteiger partial charge in [-0.1, -0.05) is 11.6 Å². The van der Waals surface area contributed by atoms with E-state index in [2.05, 4.69) is 10.3 Å². The van der Waals surface area contributed by atoms with E-state index in [1.807, 2.05) is 0 Å². The van der Waals surface area contributed by atoms with Gasteiger partial charge >= 0.3 is 5.97 Å². The Bertz CT molecular complexity index is 419. The normalized spacial score (nSPS) is 19.3. The molecule has 1 saturated heterocycles. The van der Waals surface area contributed by atoms with E-state index in [4.69, 9.17) is 16.3 Å². The summed E-state index contributed by atoms with van der Waals surface area (Å²) in [5.74, 6) is -0.747. The van der Waals surface area contributed by atoms with E-state index in [9.17, 15) is 9.59 Å². The second-order valence-corrected chi connectivity index (χ2v) is 3.74. The number of aromatic nitrogens is 1. The molecule has 1 aromatic heterocycles. The number of carbonyl (C=O) groups excluding carboxylic acids is 2. The Hall–Kier alpha value is -1.62. The Kier molecular flexibility index (Phi) is 3.05. The van der Waals surface area contributed by atoms with Gasteiger partial charge in [0.15, 0.2) is 0 Å². The molecule has 5 nitrogen and oxygen atoms in total. The van der Waals surface area contributed by atoms with E-state index in [0.717, 1.165) is 0 Å². The van der Waals surface area contributed by atoms with Crippen molar-refractivity contribution in [3.8, 4) is 0 Å². The number of nitrogens with one attached hydrogen (secondary N) is 1. The van der Waals surface area contributed by atoms with Crippen LogP contribution in [-0.4, -0.2) is 29.5 Å². The molecule has 1 N–H and O–H groups in total. The maximum Gasteiger partial charge on any atom is 0.328 e. The molecule has 1 aliphatic heterocycles. The molecule has 0 radical (unpaired) electrons. The highest BCUT2D eigenvalue weighted by atomic mass is 35.5. The van der Waals surface area contributed by atoms with Crippen molar-refractivity contribution >= 4 is 23.5 Å². The van der Waals surface area contributed by atoms with Crippen LogP contribution in [-0.2, 0) is 9.53 Å². The maximum atomic E-state index is 11.7. The monoisotopic (exact) mass is 240 g/mol. The van der Waals surface area contributed by atoms with Crippen molar-refractivity contribution in [2.45, 2.75) is 12.5 Å². The smallest absolute Gasteiger partial charge is 0.328 e. The highest BCUT2D eigenvalue weighted by Crippen LogP contribution is 2.09. The molecule has 1 unspecified atom stereocenters. The van der Waals surface area contributed by atoms with Crippen LogP contribution in [0, 0.1) is 0 Å². The summed E-state index contributed by atoms with van der Waals surface area (Å²) in [6.45, 7) is 0.350. The average Bonchev–Trinajstić information content (AvgIpc) is 2.65. The number of ether oxygens (including phenoxy) is 1. The molecule has 2 heterocycles. The number of pyridine rings is 1. The van der Waals surface area contributed by atoms with Gasteiger partial charge in [0, 0.05) is 12.6 Å². The van der Waals surface area contributed by atoms with Gasteiger partial charge in [-0.2, -0.15) is 0 Å². The van der Waals surface area contributed by atoms with Gasteiger partial charge in [-0.25, -0.2) is 9.78 Å². The van der Waals surface area contributed by atoms with E-state index in [1.54, 1.807) is 6.07 Å². The highest BCUT2D eigenvalue weighted by Gasteiger charge is 2.28. The number of rotatable bonds is 2. The lowest BCUT2D eigenvalue weighted by Gasteiger charge is -2.08. The Morgan fingerprint density at radius 2 is 2.38 bits per heavy atom. The van der Waals surface area contributed by atoms with Crippen LogP contribution in [0.15, 0.2) is 18.3 Å². The molecule has 1 aromatic rings. The third-order valence-electron chi connectivity index (χ3n) is 2.23. The van der Waals surface area contributed by atoms with Gasteiger partial charge in [0.1, 0.15) is 11.2 Å². The molecule has 16 heavy (non-hydrogen) atoms. The minimum Gasteiger partial charge on any atom is -0.464 e. The zero-order valence-electron chi connectivity index (χ0n) is 8.27. The summed E-state index contributed by atoms with van der Waals surface area (Å²) >= 11 is 5.59. The van der Waals surface area contributed by atoms with Gasteiger partial charge in [0.2, 0.25) is 0 Å². The molecule has 2 rings (SSSR count). The molecular weight excluding hydrogens is 232 g/mol. The average molecular weight is 241 g/mol. The fraction of sp³-hybridized carbons (Fsp3) is 0.300. The second kappa shape index (κ2) is 4.49. The van der Waals surface area contributed by atoms with Gasteiger partial charge < -0.3 is 10.1 Å². The number of esters is 1. The Labute approximate surface area is 96.8 Å². The minimum atomic E-state index is -0.553. The summed E-state index contributed by atoms with van der Waals surface area (Å²) in [5, 5.41) is 2.88. The zero-order valence-corrected chi connectivity index (χ0v) is 9.03. The van der Waals surface area contributed by atoms with Crippen molar-refractivity contribution in [1.82, 2.24) is 10.3 Å². The third kappa shape index (κ3) is 2.30. The topological polar surface area (TPSA) is 68.3 Å². The molecule has 0 saturated carbocycles. The summed E-state index contributed by atoms with van der Waals surface area (Å²) in [7, 11) is 0. The largest absolute Gasteiger partial charge is 0.464 e. The molecular formula is C10H9ClN2O3. The molecule has 6 heteroatoms. The Balaban J connectivity index is 2.02. The predicted molar refractivity (Wildman–Crippen MR) is 56.1 cm³/mol. The number of hydrogen-bond acceptors (Lipinski definition) is 4. The number of nitrogens with zero attached hydrogens (tertiary/aromatic N) is 1. The van der Waals surface area contributed by atoms with Crippen molar-refractivity contribution in [1.29, 1.82) is 0 Å². The van der Waals surface area contributed by atoms with Crippen LogP contribution in [0.3, 0.4) is 0 Å². The van der Waals surface area contributed by atoms with Crippen molar-refractivity contribution in [3.05, 3.63) is 29.0 Å². The van der Waals surface area contributed by atoms with E-state index in [0.29, 0.717) is 23.7 Å². The number of cyclic esters (lactones) is 1. The molecule has 0 spiro atoms. The van der Waals surface area contributed by atoms with Crippen molar-refractivity contribution in [2.24, 2.45) is 0 Å². The standard InChI is InChI=1S/C10H9ClN2O3/c11-8-2-1-6(5-12-8)9(14)13-7-3-4-16-10(7)15/h1-2,5,7H,3-4H2,(H,13,14). The quantitative estimate of drug-likeness (QED) is 0.613. The fourth-order valence-corrected chi connectivity index (χ4v) is 1.49. The van der Waals surface area contributed by atoms with Crippen LogP contribution < -0.4 is 5.32 Å². The van der Waals surface area contributed by atoms with E-state index >= 15 is 0 Å². The number of carbonyl (C=O) groups is 2. The fourth-order valence-electron chi connectivity index (χ4n) is 1.38. The summed E-state index contributed by atoms with van der Waals surface area (Å²) in [5.41, 5.74) is 0.365. The van der Waals surface area contributed by atoms with Gasteiger partial charge in [0.05, 0.1) is 12.2 Å². The summed E-state index contributed by atoms with van der Waals surface area (Å²) in [6.07, 6.45) is 1.86. The lowest BCUT2D eigenvalue weighted by Crippen LogP contribution is -2.37. The van der Waals surface area contributed by atoms with E-state index in [1.165, 1.54) is 12.3 Å². The van der Waals surface area contributed by atoms with Crippen LogP contribution in [0.4, 0.5) is 0 Å². The molecule has 0 aromatic carbocycles. The summed E-state index contributed by atoms with van der Waals surface area (Å²) in [4.78, 5) is 26.6. The molecule has 1 atom stereocenters. The molecule has 84 valence electrons. The zero-order chi connectivity index (χ0) is 11.5. The van der Waals surface area contributed by atoms with E-state index < -0.39 is 12.0 Å². The first-order chi connectivity index (χ1) is 7.66. The highest BCUT2D eigenvalue weighted by molar-refractivity contribution is 6.29. The summed E-state index contributed by atoms with van der Waals surface area (Å²) < 4.78 is 4.73. The third-order valence-corrected chi connectivity index (χ3v) is 2.45. The van der Waals surface area contributed by atoms with Crippen LogP contribution >= 0.6 is 11.6 Å². The summed E-state index contributed by atoms with van der Waals surface area (Å²) in [6, 6.07) is 2.51. The number of amides is 1. The molecule has 1 amide bonds. The first-order valence-corrected chi connectivity index (χ1v) is 5.13. The SMILES string of the molecule is O=C(NC1CCOC1=O)c1ccc(Cl)nc1. The van der Waals surface area contributed by atoms with Crippen LogP contribution in [0.25, 0.3) is 0 Å². The minimum absolute atomic E-state index is 0.317. The second-order valence-electron chi connectivity index (χ2n) is 3.35. The molecule has 1 aliphatic rings. The van der Waals surface area contributed by atoms with Gasteiger partial charge in [-0.05, 0) is 12.1 Å². The van der Waals surface area contributed by atoms with Crippen molar-refractivity contribution in [3.63, 3.8) is 0 Å². The molecule has 0 bridgehead atoms. The Morgan fingerprint density at radius 3 is 2.94 bits per heavy atom. The maximum absolute atomic E-state index is 11.7. The number of hydrogen-bond donors (Lipinski definition) is 1. The van der Waals surface area contributed by atoms with Gasteiger partial charge in [-0.3, -0.25) is 4.79 Å². The van der Waals surface area contributed by atoms with Gasteiger partial charge in [0.25, 0.3) is 5.91 Å². The van der Waals surface area contributed by atoms with Gasteiger partial charge in [-0.15, -0.1) is 0 Å². The van der Waals surface area contributed by atoms with Crippen molar-refractivity contribution in [2.75, 3.05) is 6.61 Å². The van der Waals surface area contributed by atoms with Crippen LogP contribution in [0.2, 0.25) is 5.15 Å². The molecule has 1 fully saturated rings. The molecule has 0 aliphatic carbocycles. The van der Waals surface area contributed by atoms with Crippen LogP contribution in [0.5, 0.6) is 0 Å². The number of halogens is 1.